The minimum atomic E-state index is -0.319. The number of hydrogen-bond donors (Lipinski definition) is 0. The number of morpholine rings is 1. The second-order valence-corrected chi connectivity index (χ2v) is 8.14. The Kier molecular flexibility index (Phi) is 6.58. The fourth-order valence-electron chi connectivity index (χ4n) is 3.64. The van der Waals surface area contributed by atoms with E-state index >= 15 is 0 Å². The molecule has 8 heteroatoms. The van der Waals surface area contributed by atoms with Crippen molar-refractivity contribution in [1.29, 1.82) is 0 Å². The summed E-state index contributed by atoms with van der Waals surface area (Å²) in [7, 11) is 1.78. The van der Waals surface area contributed by atoms with E-state index in [0.29, 0.717) is 23.1 Å². The Bertz CT molecular complexity index is 1030. The van der Waals surface area contributed by atoms with Crippen molar-refractivity contribution >= 4 is 23.4 Å². The van der Waals surface area contributed by atoms with E-state index in [9.17, 15) is 9.18 Å². The highest BCUT2D eigenvalue weighted by Crippen LogP contribution is 2.24. The molecule has 3 aromatic rings. The van der Waals surface area contributed by atoms with Crippen LogP contribution < -0.4 is 4.90 Å². The minimum absolute atomic E-state index is 0.144. The zero-order valence-electron chi connectivity index (χ0n) is 17.6. The summed E-state index contributed by atoms with van der Waals surface area (Å²) < 4.78 is 20.6. The molecule has 2 heterocycles. The normalized spacial score (nSPS) is 14.0. The van der Waals surface area contributed by atoms with Crippen LogP contribution in [0.4, 0.5) is 10.1 Å². The lowest BCUT2D eigenvalue weighted by Gasteiger charge is -2.29. The zero-order chi connectivity index (χ0) is 21.8. The standard InChI is InChI=1S/C23H25FN4O2S/c1-26(16-17-3-7-19(8-4-17)27-11-13-30-14-12-27)22(29)21-15-25-23(31-2)28(21)20-9-5-18(24)6-10-20/h3-10,15H,11-14,16H2,1-2H3. The summed E-state index contributed by atoms with van der Waals surface area (Å²) in [6.45, 7) is 3.76. The second-order valence-electron chi connectivity index (χ2n) is 7.37. The van der Waals surface area contributed by atoms with Crippen LogP contribution in [0.3, 0.4) is 0 Å². The van der Waals surface area contributed by atoms with Crippen LogP contribution in [-0.4, -0.2) is 60.0 Å². The molecule has 0 radical (unpaired) electrons. The molecule has 0 N–H and O–H groups in total. The topological polar surface area (TPSA) is 50.6 Å². The molecular weight excluding hydrogens is 415 g/mol. The molecule has 0 atom stereocenters. The van der Waals surface area contributed by atoms with Gasteiger partial charge >= 0.3 is 0 Å². The number of thioether (sulfide) groups is 1. The van der Waals surface area contributed by atoms with Crippen LogP contribution in [0.25, 0.3) is 5.69 Å². The van der Waals surface area contributed by atoms with E-state index in [1.54, 1.807) is 34.8 Å². The van der Waals surface area contributed by atoms with Crippen LogP contribution >= 0.6 is 11.8 Å². The third-order valence-corrected chi connectivity index (χ3v) is 5.95. The number of anilines is 1. The molecule has 1 aliphatic rings. The second kappa shape index (κ2) is 9.53. The van der Waals surface area contributed by atoms with Gasteiger partial charge in [0.2, 0.25) is 0 Å². The highest BCUT2D eigenvalue weighted by molar-refractivity contribution is 7.98. The number of imidazole rings is 1. The number of rotatable bonds is 6. The fourth-order valence-corrected chi connectivity index (χ4v) is 4.19. The number of benzene rings is 2. The van der Waals surface area contributed by atoms with Crippen molar-refractivity contribution in [3.63, 3.8) is 0 Å². The maximum atomic E-state index is 13.4. The number of hydrogen-bond acceptors (Lipinski definition) is 5. The van der Waals surface area contributed by atoms with Gasteiger partial charge in [0.05, 0.1) is 19.4 Å². The van der Waals surface area contributed by atoms with Gasteiger partial charge in [0, 0.05) is 38.1 Å². The van der Waals surface area contributed by atoms with Gasteiger partial charge in [-0.15, -0.1) is 0 Å². The summed E-state index contributed by atoms with van der Waals surface area (Å²) in [5.74, 6) is -0.463. The number of amides is 1. The molecule has 162 valence electrons. The summed E-state index contributed by atoms with van der Waals surface area (Å²) in [6.07, 6.45) is 3.48. The van der Waals surface area contributed by atoms with Gasteiger partial charge < -0.3 is 14.5 Å². The lowest BCUT2D eigenvalue weighted by molar-refractivity contribution is 0.0776. The van der Waals surface area contributed by atoms with Gasteiger partial charge in [0.25, 0.3) is 5.91 Å². The minimum Gasteiger partial charge on any atom is -0.378 e. The molecule has 4 rings (SSSR count). The number of carbonyl (C=O) groups is 1. The van der Waals surface area contributed by atoms with Crippen LogP contribution in [0.2, 0.25) is 0 Å². The molecule has 1 saturated heterocycles. The maximum absolute atomic E-state index is 13.4. The summed E-state index contributed by atoms with van der Waals surface area (Å²) in [6, 6.07) is 14.4. The van der Waals surface area contributed by atoms with Gasteiger partial charge in [0.1, 0.15) is 11.5 Å². The predicted octanol–water partition coefficient (Wildman–Crippen LogP) is 3.84. The Morgan fingerprint density at radius 1 is 1.10 bits per heavy atom. The number of aromatic nitrogens is 2. The molecule has 0 unspecified atom stereocenters. The molecule has 1 fully saturated rings. The zero-order valence-corrected chi connectivity index (χ0v) is 18.4. The Balaban J connectivity index is 1.51. The van der Waals surface area contributed by atoms with E-state index in [2.05, 4.69) is 34.1 Å². The molecule has 1 aliphatic heterocycles. The van der Waals surface area contributed by atoms with E-state index in [4.69, 9.17) is 4.74 Å². The maximum Gasteiger partial charge on any atom is 0.272 e. The lowest BCUT2D eigenvalue weighted by atomic mass is 10.1. The smallest absolute Gasteiger partial charge is 0.272 e. The molecule has 31 heavy (non-hydrogen) atoms. The van der Waals surface area contributed by atoms with Crippen molar-refractivity contribution in [1.82, 2.24) is 14.5 Å². The van der Waals surface area contributed by atoms with Crippen LogP contribution in [0, 0.1) is 5.82 Å². The van der Waals surface area contributed by atoms with Gasteiger partial charge in [0.15, 0.2) is 5.16 Å². The first-order valence-electron chi connectivity index (χ1n) is 10.1. The van der Waals surface area contributed by atoms with Crippen LogP contribution in [0.5, 0.6) is 0 Å². The van der Waals surface area contributed by atoms with Crippen molar-refractivity contribution in [2.45, 2.75) is 11.7 Å². The Morgan fingerprint density at radius 3 is 2.39 bits per heavy atom. The average Bonchev–Trinajstić information content (AvgIpc) is 3.24. The van der Waals surface area contributed by atoms with Gasteiger partial charge in [-0.1, -0.05) is 23.9 Å². The Labute approximate surface area is 185 Å². The van der Waals surface area contributed by atoms with Crippen molar-refractivity contribution in [2.75, 3.05) is 44.5 Å². The third kappa shape index (κ3) is 4.75. The molecular formula is C23H25FN4O2S. The molecule has 2 aromatic carbocycles. The van der Waals surface area contributed by atoms with Crippen LogP contribution in [0.1, 0.15) is 16.1 Å². The molecule has 1 aromatic heterocycles. The quantitative estimate of drug-likeness (QED) is 0.545. The van der Waals surface area contributed by atoms with Gasteiger partial charge in [-0.05, 0) is 48.2 Å². The summed E-state index contributed by atoms with van der Waals surface area (Å²) in [4.78, 5) is 21.6. The first kappa shape index (κ1) is 21.4. The molecule has 1 amide bonds. The van der Waals surface area contributed by atoms with Gasteiger partial charge in [-0.25, -0.2) is 9.37 Å². The summed E-state index contributed by atoms with van der Waals surface area (Å²) in [5, 5.41) is 0.679. The molecule has 0 saturated carbocycles. The first-order valence-corrected chi connectivity index (χ1v) is 11.3. The number of ether oxygens (including phenoxy) is 1. The van der Waals surface area contributed by atoms with Crippen molar-refractivity contribution in [2.24, 2.45) is 0 Å². The average molecular weight is 441 g/mol. The van der Waals surface area contributed by atoms with Crippen molar-refractivity contribution < 1.29 is 13.9 Å². The van der Waals surface area contributed by atoms with Crippen molar-refractivity contribution in [3.8, 4) is 5.69 Å². The van der Waals surface area contributed by atoms with E-state index in [1.165, 1.54) is 29.6 Å². The Morgan fingerprint density at radius 2 is 1.74 bits per heavy atom. The lowest BCUT2D eigenvalue weighted by Crippen LogP contribution is -2.36. The molecule has 6 nitrogen and oxygen atoms in total. The van der Waals surface area contributed by atoms with E-state index in [1.807, 2.05) is 6.26 Å². The van der Waals surface area contributed by atoms with Crippen LogP contribution in [0.15, 0.2) is 59.9 Å². The van der Waals surface area contributed by atoms with Gasteiger partial charge in [-0.3, -0.25) is 9.36 Å². The van der Waals surface area contributed by atoms with E-state index in [0.717, 1.165) is 31.9 Å². The largest absolute Gasteiger partial charge is 0.378 e. The van der Waals surface area contributed by atoms with Crippen molar-refractivity contribution in [3.05, 3.63) is 71.8 Å². The van der Waals surface area contributed by atoms with E-state index < -0.39 is 0 Å². The fraction of sp³-hybridized carbons (Fsp3) is 0.304. The molecule has 0 aliphatic carbocycles. The Hall–Kier alpha value is -2.84. The first-order chi connectivity index (χ1) is 15.1. The summed E-state index contributed by atoms with van der Waals surface area (Å²) in [5.41, 5.74) is 3.36. The predicted molar refractivity (Wildman–Crippen MR) is 121 cm³/mol. The molecule has 0 spiro atoms. The highest BCUT2D eigenvalue weighted by atomic mass is 32.2. The highest BCUT2D eigenvalue weighted by Gasteiger charge is 2.21. The number of nitrogens with zero attached hydrogens (tertiary/aromatic N) is 4. The summed E-state index contributed by atoms with van der Waals surface area (Å²) >= 11 is 1.44. The third-order valence-electron chi connectivity index (χ3n) is 5.29. The SMILES string of the molecule is CSc1ncc(C(=O)N(C)Cc2ccc(N3CCOCC3)cc2)n1-c1ccc(F)cc1. The number of halogens is 1. The van der Waals surface area contributed by atoms with Crippen LogP contribution in [-0.2, 0) is 11.3 Å². The van der Waals surface area contributed by atoms with Gasteiger partial charge in [-0.2, -0.15) is 0 Å². The number of carbonyl (C=O) groups excluding carboxylic acids is 1. The molecule has 0 bridgehead atoms. The monoisotopic (exact) mass is 440 g/mol. The van der Waals surface area contributed by atoms with E-state index in [-0.39, 0.29) is 11.7 Å².